The normalized spacial score (nSPS) is 12.2. The van der Waals surface area contributed by atoms with Gasteiger partial charge in [0.2, 0.25) is 11.8 Å². The van der Waals surface area contributed by atoms with Crippen LogP contribution >= 0.6 is 0 Å². The van der Waals surface area contributed by atoms with E-state index >= 15 is 0 Å². The molecule has 4 N–H and O–H groups in total. The summed E-state index contributed by atoms with van der Waals surface area (Å²) in [7, 11) is 0. The number of rotatable bonds is 7. The molecule has 1 atom stereocenters. The fraction of sp³-hybridized carbons (Fsp3) is 0.217. The minimum Gasteiger partial charge on any atom is -0.361 e. The molecule has 148 valence electrons. The van der Waals surface area contributed by atoms with Crippen molar-refractivity contribution in [1.29, 1.82) is 0 Å². The van der Waals surface area contributed by atoms with Crippen molar-refractivity contribution in [3.8, 4) is 0 Å². The van der Waals surface area contributed by atoms with Crippen molar-refractivity contribution >= 4 is 33.6 Å². The Morgan fingerprint density at radius 1 is 0.897 bits per heavy atom. The summed E-state index contributed by atoms with van der Waals surface area (Å²) >= 11 is 0. The van der Waals surface area contributed by atoms with E-state index < -0.39 is 6.04 Å². The number of amides is 2. The van der Waals surface area contributed by atoms with Crippen molar-refractivity contribution in [3.05, 3.63) is 72.1 Å². The maximum atomic E-state index is 12.8. The zero-order chi connectivity index (χ0) is 20.2. The Balaban J connectivity index is 1.42. The Morgan fingerprint density at radius 2 is 1.48 bits per heavy atom. The lowest BCUT2D eigenvalue weighted by Crippen LogP contribution is -2.47. The van der Waals surface area contributed by atoms with Crippen molar-refractivity contribution in [2.45, 2.75) is 25.8 Å². The molecule has 0 aliphatic carbocycles. The van der Waals surface area contributed by atoms with Gasteiger partial charge >= 0.3 is 0 Å². The van der Waals surface area contributed by atoms with E-state index in [4.69, 9.17) is 0 Å². The van der Waals surface area contributed by atoms with Crippen LogP contribution in [0.5, 0.6) is 0 Å². The summed E-state index contributed by atoms with van der Waals surface area (Å²) in [5.74, 6) is -0.396. The summed E-state index contributed by atoms with van der Waals surface area (Å²) in [6, 6.07) is 15.4. The van der Waals surface area contributed by atoms with E-state index in [1.807, 2.05) is 54.9 Å². The fourth-order valence-electron chi connectivity index (χ4n) is 3.76. The molecule has 6 nitrogen and oxygen atoms in total. The van der Waals surface area contributed by atoms with Crippen LogP contribution in [0.4, 0.5) is 0 Å². The van der Waals surface area contributed by atoms with Crippen LogP contribution in [0.15, 0.2) is 60.9 Å². The Bertz CT molecular complexity index is 1160. The predicted molar refractivity (Wildman–Crippen MR) is 115 cm³/mol. The lowest BCUT2D eigenvalue weighted by Gasteiger charge is -2.17. The molecule has 6 heteroatoms. The van der Waals surface area contributed by atoms with Crippen LogP contribution in [0.2, 0.25) is 0 Å². The van der Waals surface area contributed by atoms with Crippen molar-refractivity contribution < 1.29 is 9.59 Å². The van der Waals surface area contributed by atoms with E-state index in [-0.39, 0.29) is 11.8 Å². The minimum atomic E-state index is -0.616. The molecular formula is C23H24N4O2. The van der Waals surface area contributed by atoms with Gasteiger partial charge in [-0.25, -0.2) is 0 Å². The second-order valence-electron chi connectivity index (χ2n) is 7.22. The molecule has 4 rings (SSSR count). The maximum Gasteiger partial charge on any atom is 0.242 e. The van der Waals surface area contributed by atoms with Crippen LogP contribution in [0.3, 0.4) is 0 Å². The topological polar surface area (TPSA) is 89.8 Å². The van der Waals surface area contributed by atoms with Crippen molar-refractivity contribution in [1.82, 2.24) is 20.6 Å². The largest absolute Gasteiger partial charge is 0.361 e. The molecule has 0 aliphatic heterocycles. The van der Waals surface area contributed by atoms with Gasteiger partial charge in [-0.3, -0.25) is 9.59 Å². The summed E-state index contributed by atoms with van der Waals surface area (Å²) in [5, 5.41) is 7.99. The van der Waals surface area contributed by atoms with E-state index in [1.165, 1.54) is 12.3 Å². The third-order valence-corrected chi connectivity index (χ3v) is 5.16. The molecule has 2 aromatic carbocycles. The van der Waals surface area contributed by atoms with Gasteiger partial charge in [0.05, 0.1) is 0 Å². The van der Waals surface area contributed by atoms with E-state index in [0.717, 1.165) is 34.0 Å². The maximum absolute atomic E-state index is 12.8. The molecule has 0 fully saturated rings. The van der Waals surface area contributed by atoms with Crippen LogP contribution in [0.1, 0.15) is 18.1 Å². The first-order valence-corrected chi connectivity index (χ1v) is 9.76. The van der Waals surface area contributed by atoms with Gasteiger partial charge in [-0.1, -0.05) is 36.4 Å². The molecule has 0 radical (unpaired) electrons. The first-order chi connectivity index (χ1) is 14.1. The number of hydrogen-bond donors (Lipinski definition) is 4. The highest BCUT2D eigenvalue weighted by atomic mass is 16.2. The van der Waals surface area contributed by atoms with Crippen LogP contribution in [0, 0.1) is 0 Å². The third kappa shape index (κ3) is 4.16. The van der Waals surface area contributed by atoms with Gasteiger partial charge in [-0.2, -0.15) is 0 Å². The van der Waals surface area contributed by atoms with Gasteiger partial charge < -0.3 is 20.6 Å². The number of benzene rings is 2. The monoisotopic (exact) mass is 388 g/mol. The molecule has 0 unspecified atom stereocenters. The number of aromatic nitrogens is 2. The third-order valence-electron chi connectivity index (χ3n) is 5.16. The van der Waals surface area contributed by atoms with E-state index in [0.29, 0.717) is 13.0 Å². The molecule has 29 heavy (non-hydrogen) atoms. The summed E-state index contributed by atoms with van der Waals surface area (Å²) < 4.78 is 0. The van der Waals surface area contributed by atoms with Crippen molar-refractivity contribution in [2.24, 2.45) is 0 Å². The number of nitrogens with one attached hydrogen (secondary N) is 4. The standard InChI is InChI=1S/C23H24N4O2/c1-15(28)27-22(12-17-14-26-21-9-5-3-7-19(17)21)23(29)24-11-10-16-13-25-20-8-4-2-6-18(16)20/h2-9,13-14,22,25-26H,10-12H2,1H3,(H,24,29)(H,27,28)/t22-/m0/s1. The summed E-state index contributed by atoms with van der Waals surface area (Å²) in [5.41, 5.74) is 4.27. The molecule has 0 saturated carbocycles. The van der Waals surface area contributed by atoms with E-state index in [9.17, 15) is 9.59 Å². The lowest BCUT2D eigenvalue weighted by atomic mass is 10.0. The molecule has 2 aromatic heterocycles. The van der Waals surface area contributed by atoms with Crippen molar-refractivity contribution in [2.75, 3.05) is 6.54 Å². The molecular weight excluding hydrogens is 364 g/mol. The molecule has 0 saturated heterocycles. The Hall–Kier alpha value is -3.54. The number of H-pyrrole nitrogens is 2. The van der Waals surface area contributed by atoms with Crippen LogP contribution in [-0.4, -0.2) is 34.4 Å². The number of carbonyl (C=O) groups is 2. The SMILES string of the molecule is CC(=O)N[C@@H](Cc1c[nH]c2ccccc12)C(=O)NCCc1c[nH]c2ccccc12. The zero-order valence-corrected chi connectivity index (χ0v) is 16.3. The summed E-state index contributed by atoms with van der Waals surface area (Å²) in [4.78, 5) is 30.9. The second-order valence-corrected chi connectivity index (χ2v) is 7.22. The lowest BCUT2D eigenvalue weighted by molar-refractivity contribution is -0.128. The zero-order valence-electron chi connectivity index (χ0n) is 16.3. The summed E-state index contributed by atoms with van der Waals surface area (Å²) in [6.45, 7) is 1.94. The number of hydrogen-bond acceptors (Lipinski definition) is 2. The first kappa shape index (κ1) is 18.8. The van der Waals surface area contributed by atoms with Crippen molar-refractivity contribution in [3.63, 3.8) is 0 Å². The van der Waals surface area contributed by atoms with Gasteiger partial charge in [0.1, 0.15) is 6.04 Å². The highest BCUT2D eigenvalue weighted by Gasteiger charge is 2.21. The fourth-order valence-corrected chi connectivity index (χ4v) is 3.76. The average Bonchev–Trinajstić information content (AvgIpc) is 3.32. The number of aromatic amines is 2. The quantitative estimate of drug-likeness (QED) is 0.392. The molecule has 2 heterocycles. The van der Waals surface area contributed by atoms with Gasteiger partial charge in [0.15, 0.2) is 0 Å². The Kier molecular flexibility index (Phi) is 5.33. The Labute approximate surface area is 168 Å². The molecule has 0 spiro atoms. The number of carbonyl (C=O) groups excluding carboxylic acids is 2. The van der Waals surface area contributed by atoms with Gasteiger partial charge in [0, 0.05) is 54.1 Å². The second kappa shape index (κ2) is 8.22. The van der Waals surface area contributed by atoms with Gasteiger partial charge in [-0.15, -0.1) is 0 Å². The van der Waals surface area contributed by atoms with Crippen LogP contribution in [0.25, 0.3) is 21.8 Å². The molecule has 4 aromatic rings. The highest BCUT2D eigenvalue weighted by molar-refractivity contribution is 5.89. The molecule has 2 amide bonds. The van der Waals surface area contributed by atoms with Gasteiger partial charge in [0.25, 0.3) is 0 Å². The van der Waals surface area contributed by atoms with Gasteiger partial charge in [-0.05, 0) is 29.7 Å². The molecule has 0 aliphatic rings. The first-order valence-electron chi connectivity index (χ1n) is 9.76. The summed E-state index contributed by atoms with van der Waals surface area (Å²) in [6.07, 6.45) is 5.03. The average molecular weight is 388 g/mol. The predicted octanol–water partition coefficient (Wildman–Crippen LogP) is 3.06. The van der Waals surface area contributed by atoms with Crippen LogP contribution in [-0.2, 0) is 22.4 Å². The van der Waals surface area contributed by atoms with E-state index in [1.54, 1.807) is 0 Å². The van der Waals surface area contributed by atoms with Crippen LogP contribution < -0.4 is 10.6 Å². The Morgan fingerprint density at radius 3 is 2.14 bits per heavy atom. The minimum absolute atomic E-state index is 0.176. The smallest absolute Gasteiger partial charge is 0.242 e. The number of fused-ring (bicyclic) bond motifs is 2. The number of para-hydroxylation sites is 2. The van der Waals surface area contributed by atoms with E-state index in [2.05, 4.69) is 26.7 Å². The highest BCUT2D eigenvalue weighted by Crippen LogP contribution is 2.20. The molecule has 0 bridgehead atoms.